The monoisotopic (exact) mass is 270 g/mol. The van der Waals surface area contributed by atoms with Gasteiger partial charge in [-0.15, -0.1) is 0 Å². The smallest absolute Gasteiger partial charge is 0.196 e. The zero-order chi connectivity index (χ0) is 14.1. The maximum Gasteiger partial charge on any atom is 0.196 e. The van der Waals surface area contributed by atoms with Crippen molar-refractivity contribution in [2.24, 2.45) is 0 Å². The van der Waals surface area contributed by atoms with E-state index in [0.29, 0.717) is 11.3 Å². The molecular formula is C17H15FO2. The molecule has 0 saturated heterocycles. The van der Waals surface area contributed by atoms with Crippen molar-refractivity contribution in [2.75, 3.05) is 0 Å². The van der Waals surface area contributed by atoms with Crippen molar-refractivity contribution in [3.05, 3.63) is 65.0 Å². The number of hydrogen-bond acceptors (Lipinski definition) is 2. The number of benzene rings is 2. The molecule has 0 N–H and O–H groups in total. The lowest BCUT2D eigenvalue weighted by molar-refractivity contribution is 0.103. The van der Waals surface area contributed by atoms with Crippen molar-refractivity contribution in [3.8, 4) is 5.75 Å². The first-order valence-electron chi connectivity index (χ1n) is 6.71. The van der Waals surface area contributed by atoms with Crippen LogP contribution in [0, 0.1) is 12.7 Å². The highest BCUT2D eigenvalue weighted by atomic mass is 19.1. The number of ketones is 1. The molecule has 2 aromatic rings. The Balaban J connectivity index is 1.89. The number of halogens is 1. The van der Waals surface area contributed by atoms with E-state index in [2.05, 4.69) is 0 Å². The zero-order valence-electron chi connectivity index (χ0n) is 11.2. The largest absolute Gasteiger partial charge is 0.490 e. The molecule has 0 amide bonds. The van der Waals surface area contributed by atoms with Crippen molar-refractivity contribution in [1.29, 1.82) is 0 Å². The number of aryl methyl sites for hydroxylation is 1. The van der Waals surface area contributed by atoms with Crippen molar-refractivity contribution in [2.45, 2.75) is 25.9 Å². The van der Waals surface area contributed by atoms with Gasteiger partial charge in [0.25, 0.3) is 0 Å². The SMILES string of the molecule is Cc1ccc(C(=O)c2cccc(OC3CC3)c2)c(F)c1. The minimum Gasteiger partial charge on any atom is -0.490 e. The normalized spacial score (nSPS) is 14.1. The van der Waals surface area contributed by atoms with Crippen molar-refractivity contribution in [3.63, 3.8) is 0 Å². The molecule has 1 saturated carbocycles. The van der Waals surface area contributed by atoms with Crippen LogP contribution in [0.4, 0.5) is 4.39 Å². The number of rotatable bonds is 4. The number of ether oxygens (including phenoxy) is 1. The summed E-state index contributed by atoms with van der Waals surface area (Å²) in [4.78, 5) is 12.3. The fourth-order valence-electron chi connectivity index (χ4n) is 2.05. The molecule has 0 bridgehead atoms. The minimum absolute atomic E-state index is 0.0965. The molecular weight excluding hydrogens is 255 g/mol. The topological polar surface area (TPSA) is 26.3 Å². The van der Waals surface area contributed by atoms with Crippen LogP contribution in [0.1, 0.15) is 34.3 Å². The second kappa shape index (κ2) is 5.08. The lowest BCUT2D eigenvalue weighted by atomic mass is 10.0. The van der Waals surface area contributed by atoms with E-state index in [1.165, 1.54) is 12.1 Å². The van der Waals surface area contributed by atoms with E-state index >= 15 is 0 Å². The van der Waals surface area contributed by atoms with E-state index in [4.69, 9.17) is 4.74 Å². The summed E-state index contributed by atoms with van der Waals surface area (Å²) in [5.74, 6) is -0.127. The molecule has 0 radical (unpaired) electrons. The predicted molar refractivity (Wildman–Crippen MR) is 74.7 cm³/mol. The summed E-state index contributed by atoms with van der Waals surface area (Å²) in [5.41, 5.74) is 1.34. The molecule has 3 heteroatoms. The van der Waals surface area contributed by atoms with Crippen LogP contribution >= 0.6 is 0 Å². The van der Waals surface area contributed by atoms with Gasteiger partial charge in [0.1, 0.15) is 11.6 Å². The summed E-state index contributed by atoms with van der Waals surface area (Å²) in [6.07, 6.45) is 2.40. The quantitative estimate of drug-likeness (QED) is 0.787. The Morgan fingerprint density at radius 2 is 2.00 bits per heavy atom. The summed E-state index contributed by atoms with van der Waals surface area (Å²) < 4.78 is 19.5. The molecule has 3 rings (SSSR count). The summed E-state index contributed by atoms with van der Waals surface area (Å²) in [7, 11) is 0. The van der Waals surface area contributed by atoms with E-state index in [9.17, 15) is 9.18 Å². The Labute approximate surface area is 117 Å². The average Bonchev–Trinajstić information content (AvgIpc) is 3.22. The van der Waals surface area contributed by atoms with Crippen molar-refractivity contribution in [1.82, 2.24) is 0 Å². The Morgan fingerprint density at radius 3 is 2.70 bits per heavy atom. The molecule has 0 spiro atoms. The highest BCUT2D eigenvalue weighted by Gasteiger charge is 2.24. The number of carbonyl (C=O) groups excluding carboxylic acids is 1. The summed E-state index contributed by atoms with van der Waals surface area (Å²) >= 11 is 0. The van der Waals surface area contributed by atoms with Gasteiger partial charge in [-0.3, -0.25) is 4.79 Å². The summed E-state index contributed by atoms with van der Waals surface area (Å²) in [6, 6.07) is 11.6. The van der Waals surface area contributed by atoms with Gasteiger partial charge in [-0.1, -0.05) is 18.2 Å². The highest BCUT2D eigenvalue weighted by molar-refractivity contribution is 6.09. The molecule has 102 valence electrons. The molecule has 1 aliphatic carbocycles. The van der Waals surface area contributed by atoms with Gasteiger partial charge >= 0.3 is 0 Å². The van der Waals surface area contributed by atoms with E-state index in [1.54, 1.807) is 31.2 Å². The van der Waals surface area contributed by atoms with Crippen LogP contribution in [-0.2, 0) is 0 Å². The molecule has 2 nitrogen and oxygen atoms in total. The predicted octanol–water partition coefficient (Wildman–Crippen LogP) is 3.91. The maximum absolute atomic E-state index is 13.9. The second-order valence-electron chi connectivity index (χ2n) is 5.16. The van der Waals surface area contributed by atoms with Gasteiger partial charge in [0, 0.05) is 5.56 Å². The molecule has 0 unspecified atom stereocenters. The first-order valence-corrected chi connectivity index (χ1v) is 6.71. The van der Waals surface area contributed by atoms with Gasteiger partial charge in [-0.05, 0) is 49.6 Å². The number of hydrogen-bond donors (Lipinski definition) is 0. The standard InChI is InChI=1S/C17H15FO2/c1-11-5-8-15(16(18)9-11)17(19)12-3-2-4-14(10-12)20-13-6-7-13/h2-5,8-10,13H,6-7H2,1H3. The van der Waals surface area contributed by atoms with Crippen LogP contribution < -0.4 is 4.74 Å². The molecule has 1 fully saturated rings. The third-order valence-corrected chi connectivity index (χ3v) is 3.29. The van der Waals surface area contributed by atoms with E-state index in [0.717, 1.165) is 18.4 Å². The van der Waals surface area contributed by atoms with Gasteiger partial charge in [-0.2, -0.15) is 0 Å². The molecule has 0 heterocycles. The zero-order valence-corrected chi connectivity index (χ0v) is 11.2. The Bertz CT molecular complexity index is 660. The lowest BCUT2D eigenvalue weighted by Gasteiger charge is -2.07. The van der Waals surface area contributed by atoms with Crippen LogP contribution in [0.2, 0.25) is 0 Å². The second-order valence-corrected chi connectivity index (χ2v) is 5.16. The summed E-state index contributed by atoms with van der Waals surface area (Å²) in [6.45, 7) is 1.79. The van der Waals surface area contributed by atoms with Crippen LogP contribution in [0.3, 0.4) is 0 Å². The third-order valence-electron chi connectivity index (χ3n) is 3.29. The fourth-order valence-corrected chi connectivity index (χ4v) is 2.05. The van der Waals surface area contributed by atoms with Crippen LogP contribution in [-0.4, -0.2) is 11.9 Å². The van der Waals surface area contributed by atoms with Crippen molar-refractivity contribution >= 4 is 5.78 Å². The van der Waals surface area contributed by atoms with Gasteiger partial charge in [0.15, 0.2) is 5.78 Å². The molecule has 0 aromatic heterocycles. The van der Waals surface area contributed by atoms with Crippen LogP contribution in [0.15, 0.2) is 42.5 Å². The first kappa shape index (κ1) is 12.9. The molecule has 0 atom stereocenters. The van der Waals surface area contributed by atoms with Gasteiger partial charge in [0.05, 0.1) is 11.7 Å². The number of carbonyl (C=O) groups is 1. The van der Waals surface area contributed by atoms with Gasteiger partial charge in [-0.25, -0.2) is 4.39 Å². The summed E-state index contributed by atoms with van der Waals surface area (Å²) in [5, 5.41) is 0. The van der Waals surface area contributed by atoms with Gasteiger partial charge < -0.3 is 4.74 Å². The minimum atomic E-state index is -0.483. The maximum atomic E-state index is 13.9. The molecule has 1 aliphatic rings. The third kappa shape index (κ3) is 2.72. The van der Waals surface area contributed by atoms with E-state index in [1.807, 2.05) is 6.07 Å². The van der Waals surface area contributed by atoms with Crippen LogP contribution in [0.5, 0.6) is 5.75 Å². The molecule has 20 heavy (non-hydrogen) atoms. The molecule has 0 aliphatic heterocycles. The van der Waals surface area contributed by atoms with Gasteiger partial charge in [0.2, 0.25) is 0 Å². The van der Waals surface area contributed by atoms with Crippen molar-refractivity contribution < 1.29 is 13.9 Å². The first-order chi connectivity index (χ1) is 9.63. The Hall–Kier alpha value is -2.16. The highest BCUT2D eigenvalue weighted by Crippen LogP contribution is 2.27. The lowest BCUT2D eigenvalue weighted by Crippen LogP contribution is -2.05. The Morgan fingerprint density at radius 1 is 1.20 bits per heavy atom. The van der Waals surface area contributed by atoms with Crippen LogP contribution in [0.25, 0.3) is 0 Å². The Kier molecular flexibility index (Phi) is 3.26. The van der Waals surface area contributed by atoms with E-state index in [-0.39, 0.29) is 17.5 Å². The fraction of sp³-hybridized carbons (Fsp3) is 0.235. The average molecular weight is 270 g/mol. The van der Waals surface area contributed by atoms with E-state index < -0.39 is 5.82 Å². The molecule has 2 aromatic carbocycles.